The van der Waals surface area contributed by atoms with E-state index in [2.05, 4.69) is 79.9 Å². The van der Waals surface area contributed by atoms with Crippen LogP contribution in [-0.2, 0) is 18.4 Å². The summed E-state index contributed by atoms with van der Waals surface area (Å²) in [5.41, 5.74) is 2.98. The highest BCUT2D eigenvalue weighted by Gasteiger charge is 2.36. The third-order valence-electron chi connectivity index (χ3n) is 8.68. The highest BCUT2D eigenvalue weighted by Crippen LogP contribution is 2.41. The third kappa shape index (κ3) is 5.31. The van der Waals surface area contributed by atoms with Crippen LogP contribution >= 0.6 is 0 Å². The number of nitrogens with one attached hydrogen (secondary N) is 1. The molecule has 0 amide bonds. The Balaban J connectivity index is 1.57. The van der Waals surface area contributed by atoms with Gasteiger partial charge in [0.15, 0.2) is 0 Å². The summed E-state index contributed by atoms with van der Waals surface area (Å²) in [6, 6.07) is 8.51. The second kappa shape index (κ2) is 11.2. The van der Waals surface area contributed by atoms with Crippen molar-refractivity contribution in [3.8, 4) is 11.4 Å². The van der Waals surface area contributed by atoms with Gasteiger partial charge >= 0.3 is 5.69 Å². The van der Waals surface area contributed by atoms with E-state index in [-0.39, 0.29) is 17.1 Å². The van der Waals surface area contributed by atoms with Gasteiger partial charge in [-0.25, -0.2) is 4.79 Å². The van der Waals surface area contributed by atoms with E-state index >= 15 is 0 Å². The van der Waals surface area contributed by atoms with Gasteiger partial charge in [0.25, 0.3) is 0 Å². The van der Waals surface area contributed by atoms with Crippen molar-refractivity contribution in [2.45, 2.75) is 103 Å². The van der Waals surface area contributed by atoms with E-state index in [0.29, 0.717) is 12.4 Å². The Morgan fingerprint density at radius 1 is 1.16 bits per heavy atom. The van der Waals surface area contributed by atoms with E-state index in [9.17, 15) is 4.79 Å². The summed E-state index contributed by atoms with van der Waals surface area (Å²) in [6.07, 6.45) is 19.2. The number of allylic oxidation sites excluding steroid dienone is 1. The summed E-state index contributed by atoms with van der Waals surface area (Å²) in [7, 11) is 0. The van der Waals surface area contributed by atoms with E-state index in [4.69, 9.17) is 0 Å². The van der Waals surface area contributed by atoms with E-state index < -0.39 is 5.41 Å². The zero-order chi connectivity index (χ0) is 26.6. The Kier molecular flexibility index (Phi) is 7.77. The number of aromatic nitrogens is 6. The van der Waals surface area contributed by atoms with Crippen LogP contribution in [0.15, 0.2) is 52.5 Å². The molecule has 2 aliphatic rings. The van der Waals surface area contributed by atoms with Crippen molar-refractivity contribution in [1.29, 1.82) is 0 Å². The fourth-order valence-corrected chi connectivity index (χ4v) is 6.33. The zero-order valence-corrected chi connectivity index (χ0v) is 23.1. The first kappa shape index (κ1) is 26.3. The first-order valence-electron chi connectivity index (χ1n) is 14.3. The number of H-pyrrole nitrogens is 1. The number of unbranched alkanes of at least 4 members (excludes halogenated alkanes) is 1. The molecule has 2 atom stereocenters. The molecule has 8 nitrogen and oxygen atoms in total. The summed E-state index contributed by atoms with van der Waals surface area (Å²) >= 11 is 0. The lowest BCUT2D eigenvalue weighted by Gasteiger charge is -2.37. The Morgan fingerprint density at radius 3 is 2.79 bits per heavy atom. The number of aryl methyl sites for hydroxylation is 1. The minimum atomic E-state index is -0.394. The van der Waals surface area contributed by atoms with E-state index in [1.165, 1.54) is 25.7 Å². The molecule has 5 rings (SSSR count). The van der Waals surface area contributed by atoms with Crippen LogP contribution in [0.5, 0.6) is 0 Å². The number of nitrogens with zero attached hydrogens (tertiary/aromatic N) is 6. The average Bonchev–Trinajstić information content (AvgIpc) is 3.56. The highest BCUT2D eigenvalue weighted by atomic mass is 16.1. The van der Waals surface area contributed by atoms with Gasteiger partial charge in [-0.2, -0.15) is 5.21 Å². The molecule has 2 unspecified atom stereocenters. The van der Waals surface area contributed by atoms with Crippen LogP contribution in [0.4, 0.5) is 0 Å². The van der Waals surface area contributed by atoms with Gasteiger partial charge in [-0.05, 0) is 54.4 Å². The topological polar surface area (TPSA) is 93.8 Å². The minimum Gasteiger partial charge on any atom is -0.295 e. The molecule has 0 spiro atoms. The number of tetrazole rings is 1. The average molecular weight is 516 g/mol. The molecule has 1 aliphatic heterocycles. The summed E-state index contributed by atoms with van der Waals surface area (Å²) in [4.78, 5) is 18.7. The number of imidazole rings is 1. The summed E-state index contributed by atoms with van der Waals surface area (Å²) in [5, 5.41) is 14.6. The maximum absolute atomic E-state index is 14.3. The lowest BCUT2D eigenvalue weighted by Crippen LogP contribution is -2.39. The number of hydrogen-bond acceptors (Lipinski definition) is 5. The standard InChI is InChI=1S/C30H41N7O/c1-4-5-13-25-21-36(26-14-8-6-7-9-15-29(26,2)3)28(38)37(25)22-30(16-18-31-19-17-30)24-12-10-11-23(20-24)27-32-34-35-33-27/h10-12,16,18-21,26H,4-9,13-15,17,22H2,1-3H3,(H,32,33,34,35). The minimum absolute atomic E-state index is 0.0897. The summed E-state index contributed by atoms with van der Waals surface area (Å²) in [6.45, 7) is 7.49. The van der Waals surface area contributed by atoms with Crippen molar-refractivity contribution in [3.05, 3.63) is 64.5 Å². The maximum Gasteiger partial charge on any atom is 0.328 e. The van der Waals surface area contributed by atoms with Crippen LogP contribution in [-0.4, -0.2) is 36.0 Å². The Morgan fingerprint density at radius 2 is 2.03 bits per heavy atom. The zero-order valence-electron chi connectivity index (χ0n) is 23.1. The number of aromatic amines is 1. The Labute approximate surface area is 225 Å². The van der Waals surface area contributed by atoms with E-state index in [0.717, 1.165) is 55.3 Å². The lowest BCUT2D eigenvalue weighted by molar-refractivity contribution is 0.161. The molecule has 2 aromatic heterocycles. The van der Waals surface area contributed by atoms with Gasteiger partial charge in [-0.1, -0.05) is 77.2 Å². The second-order valence-electron chi connectivity index (χ2n) is 11.8. The summed E-state index contributed by atoms with van der Waals surface area (Å²) in [5.74, 6) is 0.564. The predicted molar refractivity (Wildman–Crippen MR) is 151 cm³/mol. The van der Waals surface area contributed by atoms with Crippen LogP contribution < -0.4 is 5.69 Å². The first-order valence-corrected chi connectivity index (χ1v) is 14.3. The van der Waals surface area contributed by atoms with Crippen molar-refractivity contribution in [2.24, 2.45) is 10.4 Å². The molecule has 3 heterocycles. The van der Waals surface area contributed by atoms with Gasteiger partial charge in [0.1, 0.15) is 0 Å². The Bertz CT molecular complexity index is 1330. The molecule has 1 saturated carbocycles. The molecule has 1 fully saturated rings. The maximum atomic E-state index is 14.3. The first-order chi connectivity index (χ1) is 18.4. The third-order valence-corrected chi connectivity index (χ3v) is 8.68. The molecule has 3 aromatic rings. The molecule has 1 aromatic carbocycles. The van der Waals surface area contributed by atoms with Crippen molar-refractivity contribution in [3.63, 3.8) is 0 Å². The van der Waals surface area contributed by atoms with E-state index in [1.54, 1.807) is 0 Å². The van der Waals surface area contributed by atoms with Gasteiger partial charge in [-0.3, -0.25) is 14.1 Å². The van der Waals surface area contributed by atoms with Gasteiger partial charge in [-0.15, -0.1) is 10.2 Å². The van der Waals surface area contributed by atoms with Crippen LogP contribution in [0.25, 0.3) is 11.4 Å². The number of hydrogen-bond donors (Lipinski definition) is 1. The molecule has 1 aliphatic carbocycles. The molecular formula is C30H41N7O. The molecule has 38 heavy (non-hydrogen) atoms. The summed E-state index contributed by atoms with van der Waals surface area (Å²) < 4.78 is 4.16. The van der Waals surface area contributed by atoms with Gasteiger partial charge in [0, 0.05) is 47.9 Å². The molecule has 0 bridgehead atoms. The van der Waals surface area contributed by atoms with Gasteiger partial charge in [0.2, 0.25) is 5.82 Å². The molecule has 0 radical (unpaired) electrons. The van der Waals surface area contributed by atoms with Crippen LogP contribution in [0.2, 0.25) is 0 Å². The van der Waals surface area contributed by atoms with Gasteiger partial charge in [0.05, 0.1) is 0 Å². The van der Waals surface area contributed by atoms with Crippen molar-refractivity contribution >= 4 is 6.21 Å². The number of rotatable bonds is 8. The molecular weight excluding hydrogens is 474 g/mol. The van der Waals surface area contributed by atoms with Gasteiger partial charge < -0.3 is 0 Å². The monoisotopic (exact) mass is 515 g/mol. The molecule has 8 heteroatoms. The lowest BCUT2D eigenvalue weighted by atomic mass is 9.75. The second-order valence-corrected chi connectivity index (χ2v) is 11.8. The predicted octanol–water partition coefficient (Wildman–Crippen LogP) is 6.02. The SMILES string of the molecule is CCCCc1cn(C2CCCCCCC2(C)C)c(=O)n1CC1(c2cccc(-c3nn[nH]n3)c2)C=CN=CC1. The normalized spacial score (nSPS) is 23.3. The fourth-order valence-electron chi connectivity index (χ4n) is 6.33. The van der Waals surface area contributed by atoms with E-state index in [1.807, 2.05) is 24.5 Å². The van der Waals surface area contributed by atoms with Crippen molar-refractivity contribution in [2.75, 3.05) is 0 Å². The van der Waals surface area contributed by atoms with Crippen LogP contribution in [0.3, 0.4) is 0 Å². The number of benzene rings is 1. The highest BCUT2D eigenvalue weighted by molar-refractivity contribution is 5.65. The van der Waals surface area contributed by atoms with Crippen molar-refractivity contribution in [1.82, 2.24) is 29.8 Å². The molecule has 1 N–H and O–H groups in total. The quantitative estimate of drug-likeness (QED) is 0.397. The smallest absolute Gasteiger partial charge is 0.295 e. The largest absolute Gasteiger partial charge is 0.328 e. The molecule has 202 valence electrons. The fraction of sp³-hybridized carbons (Fsp3) is 0.567. The van der Waals surface area contributed by atoms with Crippen LogP contribution in [0.1, 0.15) is 95.9 Å². The molecule has 0 saturated heterocycles. The van der Waals surface area contributed by atoms with Crippen LogP contribution in [0, 0.1) is 5.41 Å². The van der Waals surface area contributed by atoms with Crippen molar-refractivity contribution < 1.29 is 0 Å². The Hall–Kier alpha value is -3.29. The number of aliphatic imine (C=N–C) groups is 1.